The van der Waals surface area contributed by atoms with E-state index in [4.69, 9.17) is 4.74 Å². The molecule has 0 amide bonds. The van der Waals surface area contributed by atoms with Crippen LogP contribution < -0.4 is 10.1 Å². The second-order valence-corrected chi connectivity index (χ2v) is 7.37. The molecule has 1 N–H and O–H groups in total. The maximum absolute atomic E-state index is 5.38. The quantitative estimate of drug-likeness (QED) is 0.937. The third-order valence-corrected chi connectivity index (χ3v) is 6.05. The fourth-order valence-corrected chi connectivity index (χ4v) is 4.98. The number of fused-ring (bicyclic) bond motifs is 1. The van der Waals surface area contributed by atoms with Crippen molar-refractivity contribution >= 4 is 23.3 Å². The van der Waals surface area contributed by atoms with E-state index in [-0.39, 0.29) is 0 Å². The van der Waals surface area contributed by atoms with Crippen molar-refractivity contribution in [2.24, 2.45) is 0 Å². The van der Waals surface area contributed by atoms with Crippen LogP contribution in [-0.2, 0) is 6.42 Å². The van der Waals surface area contributed by atoms with Gasteiger partial charge < -0.3 is 10.1 Å². The normalized spacial score (nSPS) is 21.1. The van der Waals surface area contributed by atoms with E-state index < -0.39 is 0 Å². The molecule has 0 saturated carbocycles. The largest absolute Gasteiger partial charge is 0.497 e. The zero-order valence-corrected chi connectivity index (χ0v) is 14.1. The first-order chi connectivity index (χ1) is 10.2. The molecule has 1 aliphatic carbocycles. The number of rotatable bonds is 4. The monoisotopic (exact) mass is 321 g/mol. The zero-order chi connectivity index (χ0) is 14.8. The molecule has 0 bridgehead atoms. The van der Waals surface area contributed by atoms with Gasteiger partial charge in [0.15, 0.2) is 4.34 Å². The third-order valence-electron chi connectivity index (χ3n) is 3.83. The standard InChI is InChI=1S/C15H19N3OS2/c1-9-17-15(21-18-9)20-13-7-5-10-4-6-11(19-3)8-12(10)14(13)16-2/h4,6,8,13-14,16H,5,7H2,1-3H3. The van der Waals surface area contributed by atoms with E-state index >= 15 is 0 Å². The Labute approximate surface area is 133 Å². The Bertz CT molecular complexity index is 629. The van der Waals surface area contributed by atoms with Gasteiger partial charge in [0.25, 0.3) is 0 Å². The lowest BCUT2D eigenvalue weighted by molar-refractivity contribution is 0.411. The van der Waals surface area contributed by atoms with Gasteiger partial charge in [0.05, 0.1) is 7.11 Å². The van der Waals surface area contributed by atoms with Crippen molar-refractivity contribution in [2.45, 2.75) is 35.4 Å². The number of benzene rings is 1. The molecule has 0 spiro atoms. The summed E-state index contributed by atoms with van der Waals surface area (Å²) in [7, 11) is 3.74. The highest BCUT2D eigenvalue weighted by molar-refractivity contribution is 8.01. The van der Waals surface area contributed by atoms with Crippen LogP contribution in [0.4, 0.5) is 0 Å². The topological polar surface area (TPSA) is 47.0 Å². The van der Waals surface area contributed by atoms with E-state index in [1.54, 1.807) is 7.11 Å². The second-order valence-electron chi connectivity index (χ2n) is 5.13. The molecule has 3 rings (SSSR count). The van der Waals surface area contributed by atoms with Crippen molar-refractivity contribution in [3.63, 3.8) is 0 Å². The first-order valence-corrected chi connectivity index (χ1v) is 8.67. The van der Waals surface area contributed by atoms with Crippen molar-refractivity contribution in [2.75, 3.05) is 14.2 Å². The molecular weight excluding hydrogens is 302 g/mol. The molecule has 4 nitrogen and oxygen atoms in total. The van der Waals surface area contributed by atoms with Gasteiger partial charge in [-0.05, 0) is 61.6 Å². The maximum Gasteiger partial charge on any atom is 0.170 e. The number of hydrogen-bond acceptors (Lipinski definition) is 6. The van der Waals surface area contributed by atoms with Crippen molar-refractivity contribution in [1.29, 1.82) is 0 Å². The van der Waals surface area contributed by atoms with Gasteiger partial charge in [-0.3, -0.25) is 0 Å². The van der Waals surface area contributed by atoms with Crippen LogP contribution in [0, 0.1) is 6.92 Å². The molecule has 1 aromatic carbocycles. The lowest BCUT2D eigenvalue weighted by Crippen LogP contribution is -2.32. The Morgan fingerprint density at radius 1 is 1.43 bits per heavy atom. The minimum Gasteiger partial charge on any atom is -0.497 e. The first-order valence-electron chi connectivity index (χ1n) is 7.02. The fourth-order valence-electron chi connectivity index (χ4n) is 2.81. The van der Waals surface area contributed by atoms with Crippen molar-refractivity contribution in [3.8, 4) is 5.75 Å². The fraction of sp³-hybridized carbons (Fsp3) is 0.467. The molecule has 1 aromatic heterocycles. The number of methoxy groups -OCH3 is 1. The lowest BCUT2D eigenvalue weighted by atomic mass is 9.87. The average Bonchev–Trinajstić information content (AvgIpc) is 2.91. The van der Waals surface area contributed by atoms with Gasteiger partial charge in [-0.15, -0.1) is 0 Å². The lowest BCUT2D eigenvalue weighted by Gasteiger charge is -2.32. The molecule has 112 valence electrons. The molecule has 1 aliphatic rings. The number of thioether (sulfide) groups is 1. The molecule has 21 heavy (non-hydrogen) atoms. The molecule has 2 aromatic rings. The maximum atomic E-state index is 5.38. The number of nitrogens with zero attached hydrogens (tertiary/aromatic N) is 2. The summed E-state index contributed by atoms with van der Waals surface area (Å²) in [6, 6.07) is 6.72. The predicted octanol–water partition coefficient (Wildman–Crippen LogP) is 3.22. The number of aromatic nitrogens is 2. The highest BCUT2D eigenvalue weighted by Crippen LogP contribution is 2.41. The Balaban J connectivity index is 1.86. The predicted molar refractivity (Wildman–Crippen MR) is 87.4 cm³/mol. The highest BCUT2D eigenvalue weighted by atomic mass is 32.2. The van der Waals surface area contributed by atoms with Crippen molar-refractivity contribution in [1.82, 2.24) is 14.7 Å². The Morgan fingerprint density at radius 2 is 2.29 bits per heavy atom. The van der Waals surface area contributed by atoms with Crippen LogP contribution in [0.15, 0.2) is 22.5 Å². The van der Waals surface area contributed by atoms with Crippen LogP contribution in [-0.4, -0.2) is 28.8 Å². The summed E-state index contributed by atoms with van der Waals surface area (Å²) in [5.74, 6) is 1.78. The summed E-state index contributed by atoms with van der Waals surface area (Å²) in [5.41, 5.74) is 2.77. The molecule has 0 aliphatic heterocycles. The summed E-state index contributed by atoms with van der Waals surface area (Å²) in [6.07, 6.45) is 2.25. The van der Waals surface area contributed by atoms with E-state index in [1.807, 2.05) is 31.8 Å². The summed E-state index contributed by atoms with van der Waals surface area (Å²) < 4.78 is 10.7. The molecule has 0 radical (unpaired) electrons. The van der Waals surface area contributed by atoms with Gasteiger partial charge in [-0.2, -0.15) is 4.37 Å². The van der Waals surface area contributed by atoms with E-state index in [9.17, 15) is 0 Å². The van der Waals surface area contributed by atoms with Gasteiger partial charge in [0.1, 0.15) is 11.6 Å². The van der Waals surface area contributed by atoms with E-state index in [1.165, 1.54) is 22.7 Å². The third kappa shape index (κ3) is 3.07. The molecule has 1 heterocycles. The molecule has 2 atom stereocenters. The van der Waals surface area contributed by atoms with Gasteiger partial charge >= 0.3 is 0 Å². The van der Waals surface area contributed by atoms with E-state index in [0.29, 0.717) is 11.3 Å². The van der Waals surface area contributed by atoms with E-state index in [2.05, 4.69) is 26.8 Å². The van der Waals surface area contributed by atoms with Crippen LogP contribution in [0.1, 0.15) is 29.4 Å². The smallest absolute Gasteiger partial charge is 0.170 e. The molecule has 2 unspecified atom stereocenters. The van der Waals surface area contributed by atoms with Crippen LogP contribution in [0.3, 0.4) is 0 Å². The zero-order valence-electron chi connectivity index (χ0n) is 12.4. The van der Waals surface area contributed by atoms with Crippen molar-refractivity contribution in [3.05, 3.63) is 35.2 Å². The summed E-state index contributed by atoms with van der Waals surface area (Å²) in [5, 5.41) is 3.94. The minimum absolute atomic E-state index is 0.318. The van der Waals surface area contributed by atoms with Gasteiger partial charge in [0.2, 0.25) is 0 Å². The number of aryl methyl sites for hydroxylation is 2. The minimum atomic E-state index is 0.318. The van der Waals surface area contributed by atoms with Gasteiger partial charge in [-0.1, -0.05) is 17.8 Å². The highest BCUT2D eigenvalue weighted by Gasteiger charge is 2.30. The number of nitrogens with one attached hydrogen (secondary N) is 1. The van der Waals surface area contributed by atoms with Crippen LogP contribution in [0.5, 0.6) is 5.75 Å². The number of hydrogen-bond donors (Lipinski definition) is 1. The Hall–Kier alpha value is -1.11. The molecule has 0 fully saturated rings. The second kappa shape index (κ2) is 6.34. The summed E-state index contributed by atoms with van der Waals surface area (Å²) >= 11 is 3.33. The SMILES string of the molecule is CNC1c2cc(OC)ccc2CCC1Sc1nc(C)ns1. The van der Waals surface area contributed by atoms with Gasteiger partial charge in [0, 0.05) is 11.3 Å². The first kappa shape index (κ1) is 14.8. The summed E-state index contributed by atoms with van der Waals surface area (Å²) in [6.45, 7) is 1.94. The number of ether oxygens (including phenoxy) is 1. The van der Waals surface area contributed by atoms with Crippen LogP contribution >= 0.6 is 23.3 Å². The average molecular weight is 321 g/mol. The Morgan fingerprint density at radius 3 is 2.95 bits per heavy atom. The van der Waals surface area contributed by atoms with Crippen LogP contribution in [0.25, 0.3) is 0 Å². The van der Waals surface area contributed by atoms with Gasteiger partial charge in [-0.25, -0.2) is 4.98 Å². The van der Waals surface area contributed by atoms with Crippen LogP contribution in [0.2, 0.25) is 0 Å². The molecular formula is C15H19N3OS2. The Kier molecular flexibility index (Phi) is 4.47. The van der Waals surface area contributed by atoms with Crippen molar-refractivity contribution < 1.29 is 4.74 Å². The molecule has 6 heteroatoms. The van der Waals surface area contributed by atoms with E-state index in [0.717, 1.165) is 28.8 Å². The molecule has 0 saturated heterocycles. The summed E-state index contributed by atoms with van der Waals surface area (Å²) in [4.78, 5) is 4.48.